The molecule has 0 N–H and O–H groups in total. The third-order valence-corrected chi connectivity index (χ3v) is 5.90. The van der Waals surface area contributed by atoms with E-state index >= 15 is 0 Å². The zero-order valence-corrected chi connectivity index (χ0v) is 19.9. The normalized spacial score (nSPS) is 11.3. The Hall–Kier alpha value is -0.300. The minimum Gasteiger partial charge on any atom is -0.309 e. The Labute approximate surface area is 173 Å². The Balaban J connectivity index is 3.32. The maximum absolute atomic E-state index is 2.30. The van der Waals surface area contributed by atoms with Crippen molar-refractivity contribution in [3.63, 3.8) is 0 Å². The molecule has 0 amide bonds. The molecule has 0 fully saturated rings. The molecule has 0 radical (unpaired) electrons. The summed E-state index contributed by atoms with van der Waals surface area (Å²) in [6.45, 7) is 8.07. The number of rotatable bonds is 20. The number of nitrogens with zero attached hydrogens (tertiary/aromatic N) is 1. The fourth-order valence-electron chi connectivity index (χ4n) is 3.87. The zero-order chi connectivity index (χ0) is 20.2. The highest BCUT2D eigenvalue weighted by atomic mass is 15.0. The van der Waals surface area contributed by atoms with Gasteiger partial charge >= 0.3 is 0 Å². The summed E-state index contributed by atoms with van der Waals surface area (Å²) in [5.41, 5.74) is 3.26. The second kappa shape index (κ2) is 20.4. The van der Waals surface area contributed by atoms with E-state index in [1.807, 2.05) is 0 Å². The van der Waals surface area contributed by atoms with Crippen LogP contribution in [0.1, 0.15) is 136 Å². The van der Waals surface area contributed by atoms with Crippen molar-refractivity contribution in [2.24, 2.45) is 0 Å². The van der Waals surface area contributed by atoms with E-state index < -0.39 is 0 Å². The molecule has 0 aliphatic heterocycles. The first-order valence-corrected chi connectivity index (χ1v) is 12.4. The van der Waals surface area contributed by atoms with Gasteiger partial charge < -0.3 is 4.90 Å². The molecule has 0 saturated carbocycles. The summed E-state index contributed by atoms with van der Waals surface area (Å²) in [7, 11) is 4.36. The van der Waals surface area contributed by atoms with Crippen molar-refractivity contribution in [1.29, 1.82) is 0 Å². The summed E-state index contributed by atoms with van der Waals surface area (Å²) in [5.74, 6) is 0. The summed E-state index contributed by atoms with van der Waals surface area (Å²) < 4.78 is 0. The Kier molecular flexibility index (Phi) is 20.2. The molecule has 0 saturated heterocycles. The molecule has 0 aromatic heterocycles. The molecule has 1 nitrogen and oxygen atoms in total. The van der Waals surface area contributed by atoms with Crippen LogP contribution in [0.2, 0.25) is 0 Å². The molecule has 0 atom stereocenters. The third kappa shape index (κ3) is 20.2. The topological polar surface area (TPSA) is 3.24 Å². The lowest BCUT2D eigenvalue weighted by Gasteiger charge is -2.14. The lowest BCUT2D eigenvalue weighted by atomic mass is 9.99. The lowest BCUT2D eigenvalue weighted by Crippen LogP contribution is -2.13. The molecule has 27 heavy (non-hydrogen) atoms. The highest BCUT2D eigenvalue weighted by Gasteiger charge is 2.02. The van der Waals surface area contributed by atoms with Gasteiger partial charge in [-0.3, -0.25) is 0 Å². The molecular formula is C26H53N. The molecule has 0 unspecified atom stereocenters. The summed E-state index contributed by atoms with van der Waals surface area (Å²) in [6, 6.07) is 0. The molecule has 0 aromatic rings. The van der Waals surface area contributed by atoms with Gasteiger partial charge in [0.05, 0.1) is 0 Å². The Morgan fingerprint density at radius 3 is 1.22 bits per heavy atom. The van der Waals surface area contributed by atoms with Gasteiger partial charge in [-0.25, -0.2) is 0 Å². The molecule has 0 aliphatic carbocycles. The van der Waals surface area contributed by atoms with Crippen molar-refractivity contribution in [1.82, 2.24) is 4.90 Å². The van der Waals surface area contributed by atoms with Crippen molar-refractivity contribution in [3.05, 3.63) is 11.1 Å². The lowest BCUT2D eigenvalue weighted by molar-refractivity contribution is 0.409. The van der Waals surface area contributed by atoms with Crippen molar-refractivity contribution < 1.29 is 0 Å². The molecule has 0 aliphatic rings. The average Bonchev–Trinajstić information content (AvgIpc) is 2.63. The third-order valence-electron chi connectivity index (χ3n) is 5.90. The van der Waals surface area contributed by atoms with E-state index in [0.717, 1.165) is 0 Å². The Morgan fingerprint density at radius 2 is 0.889 bits per heavy atom. The van der Waals surface area contributed by atoms with Crippen LogP contribution in [-0.2, 0) is 0 Å². The van der Waals surface area contributed by atoms with E-state index in [9.17, 15) is 0 Å². The van der Waals surface area contributed by atoms with Crippen LogP contribution in [0.5, 0.6) is 0 Å². The number of unbranched alkanes of at least 4 members (excludes halogenated alkanes) is 15. The van der Waals surface area contributed by atoms with E-state index in [2.05, 4.69) is 39.8 Å². The van der Waals surface area contributed by atoms with Gasteiger partial charge in [0.15, 0.2) is 0 Å². The minimum absolute atomic E-state index is 1.19. The highest BCUT2D eigenvalue weighted by molar-refractivity contribution is 5.10. The SMILES string of the molecule is CCCCCCCCCCCCCCCCCCC(CCN(C)C)=C(C)C. The first-order valence-electron chi connectivity index (χ1n) is 12.4. The molecule has 0 aromatic carbocycles. The van der Waals surface area contributed by atoms with Gasteiger partial charge in [0.25, 0.3) is 0 Å². The van der Waals surface area contributed by atoms with Crippen molar-refractivity contribution in [2.75, 3.05) is 20.6 Å². The van der Waals surface area contributed by atoms with Crippen LogP contribution >= 0.6 is 0 Å². The quantitative estimate of drug-likeness (QED) is 0.151. The van der Waals surface area contributed by atoms with E-state index in [1.54, 1.807) is 11.1 Å². The molecule has 0 spiro atoms. The predicted molar refractivity (Wildman–Crippen MR) is 126 cm³/mol. The highest BCUT2D eigenvalue weighted by Crippen LogP contribution is 2.19. The van der Waals surface area contributed by atoms with Crippen LogP contribution in [-0.4, -0.2) is 25.5 Å². The minimum atomic E-state index is 1.19. The van der Waals surface area contributed by atoms with Gasteiger partial charge in [-0.15, -0.1) is 0 Å². The molecule has 0 heterocycles. The Bertz CT molecular complexity index is 325. The number of hydrogen-bond acceptors (Lipinski definition) is 1. The molecule has 0 bridgehead atoms. The zero-order valence-electron chi connectivity index (χ0n) is 19.9. The van der Waals surface area contributed by atoms with Crippen LogP contribution in [0.4, 0.5) is 0 Å². The molecule has 1 heteroatoms. The smallest absolute Gasteiger partial charge is 0.00126 e. The van der Waals surface area contributed by atoms with Gasteiger partial charge in [0.2, 0.25) is 0 Å². The maximum atomic E-state index is 2.30. The second-order valence-corrected chi connectivity index (χ2v) is 9.21. The fraction of sp³-hybridized carbons (Fsp3) is 0.923. The van der Waals surface area contributed by atoms with Crippen molar-refractivity contribution >= 4 is 0 Å². The van der Waals surface area contributed by atoms with E-state index in [-0.39, 0.29) is 0 Å². The van der Waals surface area contributed by atoms with Crippen LogP contribution < -0.4 is 0 Å². The fourth-order valence-corrected chi connectivity index (χ4v) is 3.87. The maximum Gasteiger partial charge on any atom is 0.00126 e. The van der Waals surface area contributed by atoms with Crippen LogP contribution in [0.3, 0.4) is 0 Å². The van der Waals surface area contributed by atoms with Gasteiger partial charge in [-0.2, -0.15) is 0 Å². The first kappa shape index (κ1) is 26.7. The summed E-state index contributed by atoms with van der Waals surface area (Å²) in [4.78, 5) is 2.30. The van der Waals surface area contributed by atoms with Crippen molar-refractivity contribution in [2.45, 2.75) is 136 Å². The van der Waals surface area contributed by atoms with Gasteiger partial charge in [-0.1, -0.05) is 114 Å². The van der Waals surface area contributed by atoms with Crippen molar-refractivity contribution in [3.8, 4) is 0 Å². The molecule has 0 rings (SSSR count). The van der Waals surface area contributed by atoms with E-state index in [1.165, 1.54) is 122 Å². The van der Waals surface area contributed by atoms with Gasteiger partial charge in [0.1, 0.15) is 0 Å². The largest absolute Gasteiger partial charge is 0.309 e. The monoisotopic (exact) mass is 379 g/mol. The standard InChI is InChI=1S/C26H53N/c1-6-7-8-9-10-11-12-13-14-15-16-17-18-19-20-21-22-26(25(2)3)23-24-27(4)5/h6-24H2,1-5H3. The first-order chi connectivity index (χ1) is 13.1. The van der Waals surface area contributed by atoms with E-state index in [0.29, 0.717) is 0 Å². The van der Waals surface area contributed by atoms with Gasteiger partial charge in [-0.05, 0) is 47.2 Å². The van der Waals surface area contributed by atoms with Crippen LogP contribution in [0.25, 0.3) is 0 Å². The summed E-state index contributed by atoms with van der Waals surface area (Å²) >= 11 is 0. The molecular weight excluding hydrogens is 326 g/mol. The predicted octanol–water partition coefficient (Wildman–Crippen LogP) is 8.93. The van der Waals surface area contributed by atoms with Crippen LogP contribution in [0.15, 0.2) is 11.1 Å². The second-order valence-electron chi connectivity index (χ2n) is 9.21. The van der Waals surface area contributed by atoms with E-state index in [4.69, 9.17) is 0 Å². The van der Waals surface area contributed by atoms with Gasteiger partial charge in [0, 0.05) is 6.54 Å². The number of hydrogen-bond donors (Lipinski definition) is 0. The molecule has 162 valence electrons. The summed E-state index contributed by atoms with van der Waals surface area (Å²) in [5, 5.41) is 0. The average molecular weight is 380 g/mol. The Morgan fingerprint density at radius 1 is 0.519 bits per heavy atom. The number of allylic oxidation sites excluding steroid dienone is 1. The summed E-state index contributed by atoms with van der Waals surface area (Å²) in [6.07, 6.45) is 25.8. The van der Waals surface area contributed by atoms with Crippen LogP contribution in [0, 0.1) is 0 Å².